The Labute approximate surface area is 101 Å². The summed E-state index contributed by atoms with van der Waals surface area (Å²) in [6.45, 7) is 5.35. The summed E-state index contributed by atoms with van der Waals surface area (Å²) in [6, 6.07) is 3.82. The van der Waals surface area contributed by atoms with E-state index in [1.54, 1.807) is 7.11 Å². The number of anilines is 1. The van der Waals surface area contributed by atoms with Gasteiger partial charge in [-0.2, -0.15) is 0 Å². The lowest BCUT2D eigenvalue weighted by molar-refractivity contribution is -0.117. The van der Waals surface area contributed by atoms with Crippen LogP contribution in [0.2, 0.25) is 0 Å². The molecular weight excluding hydrogens is 216 g/mol. The van der Waals surface area contributed by atoms with Crippen LogP contribution in [0.3, 0.4) is 0 Å². The van der Waals surface area contributed by atoms with Crippen molar-refractivity contribution in [1.29, 1.82) is 0 Å². The maximum absolute atomic E-state index is 11.9. The molecule has 0 saturated carbocycles. The number of ether oxygens (including phenoxy) is 1. The fourth-order valence-corrected chi connectivity index (χ4v) is 2.09. The molecule has 2 N–H and O–H groups in total. The minimum atomic E-state index is -0.251. The van der Waals surface area contributed by atoms with Crippen molar-refractivity contribution < 1.29 is 9.53 Å². The Morgan fingerprint density at radius 2 is 2.18 bits per heavy atom. The highest BCUT2D eigenvalue weighted by Gasteiger charge is 2.31. The van der Waals surface area contributed by atoms with Crippen molar-refractivity contribution in [3.8, 4) is 0 Å². The lowest BCUT2D eigenvalue weighted by atomic mass is 10.0. The summed E-state index contributed by atoms with van der Waals surface area (Å²) in [5.41, 5.74) is 4.34. The number of hydrogen-bond donors (Lipinski definition) is 2. The van der Waals surface area contributed by atoms with E-state index in [0.29, 0.717) is 13.2 Å². The molecule has 1 aromatic rings. The van der Waals surface area contributed by atoms with E-state index in [4.69, 9.17) is 4.74 Å². The Morgan fingerprint density at radius 3 is 2.88 bits per heavy atom. The number of amides is 1. The first-order chi connectivity index (χ1) is 8.15. The Balaban J connectivity index is 2.22. The van der Waals surface area contributed by atoms with Crippen LogP contribution in [0.25, 0.3) is 0 Å². The number of hydrogen-bond acceptors (Lipinski definition) is 3. The molecule has 0 fully saturated rings. The van der Waals surface area contributed by atoms with E-state index in [1.807, 2.05) is 19.9 Å². The second-order valence-corrected chi connectivity index (χ2v) is 4.34. The minimum absolute atomic E-state index is 0.0183. The lowest BCUT2D eigenvalue weighted by Gasteiger charge is -2.11. The van der Waals surface area contributed by atoms with E-state index in [-0.39, 0.29) is 11.9 Å². The van der Waals surface area contributed by atoms with Crippen LogP contribution in [-0.4, -0.2) is 26.2 Å². The van der Waals surface area contributed by atoms with Gasteiger partial charge in [0.25, 0.3) is 0 Å². The van der Waals surface area contributed by atoms with Crippen molar-refractivity contribution in [2.45, 2.75) is 19.9 Å². The quantitative estimate of drug-likeness (QED) is 0.777. The number of benzene rings is 1. The molecule has 1 unspecified atom stereocenters. The number of rotatable bonds is 4. The predicted octanol–water partition coefficient (Wildman–Crippen LogP) is 1.53. The lowest BCUT2D eigenvalue weighted by Crippen LogP contribution is -2.30. The van der Waals surface area contributed by atoms with Gasteiger partial charge in [-0.3, -0.25) is 10.1 Å². The summed E-state index contributed by atoms with van der Waals surface area (Å²) in [5.74, 6) is 0.0183. The highest BCUT2D eigenvalue weighted by atomic mass is 16.5. The zero-order valence-electron chi connectivity index (χ0n) is 10.5. The SMILES string of the molecule is COCCNC1C(=O)Nc2c1ccc(C)c2C. The molecule has 0 aliphatic carbocycles. The molecule has 0 spiro atoms. The Bertz CT molecular complexity index is 443. The topological polar surface area (TPSA) is 50.4 Å². The number of aryl methyl sites for hydroxylation is 1. The molecule has 0 bridgehead atoms. The van der Waals surface area contributed by atoms with E-state index in [1.165, 1.54) is 5.56 Å². The molecule has 1 aliphatic rings. The highest BCUT2D eigenvalue weighted by molar-refractivity contribution is 6.03. The van der Waals surface area contributed by atoms with Crippen LogP contribution in [0.1, 0.15) is 22.7 Å². The molecular formula is C13H18N2O2. The first kappa shape index (κ1) is 12.1. The van der Waals surface area contributed by atoms with Crippen LogP contribution in [0.15, 0.2) is 12.1 Å². The van der Waals surface area contributed by atoms with E-state index in [9.17, 15) is 4.79 Å². The smallest absolute Gasteiger partial charge is 0.246 e. The summed E-state index contributed by atoms with van der Waals surface area (Å²) < 4.78 is 4.97. The van der Waals surface area contributed by atoms with Crippen LogP contribution < -0.4 is 10.6 Å². The van der Waals surface area contributed by atoms with Crippen LogP contribution in [0, 0.1) is 13.8 Å². The van der Waals surface area contributed by atoms with Crippen LogP contribution in [0.4, 0.5) is 5.69 Å². The molecule has 0 aromatic heterocycles. The summed E-state index contributed by atoms with van der Waals surface area (Å²) in [5, 5.41) is 6.14. The molecule has 1 aliphatic heterocycles. The van der Waals surface area contributed by atoms with Crippen molar-refractivity contribution in [2.24, 2.45) is 0 Å². The van der Waals surface area contributed by atoms with Gasteiger partial charge in [-0.25, -0.2) is 0 Å². The Kier molecular flexibility index (Phi) is 3.45. The molecule has 1 heterocycles. The van der Waals surface area contributed by atoms with Crippen LogP contribution in [-0.2, 0) is 9.53 Å². The maximum atomic E-state index is 11.9. The van der Waals surface area contributed by atoms with Gasteiger partial charge in [-0.15, -0.1) is 0 Å². The second kappa shape index (κ2) is 4.85. The van der Waals surface area contributed by atoms with E-state index >= 15 is 0 Å². The zero-order chi connectivity index (χ0) is 12.4. The van der Waals surface area contributed by atoms with Crippen LogP contribution >= 0.6 is 0 Å². The van der Waals surface area contributed by atoms with Gasteiger partial charge in [0, 0.05) is 24.9 Å². The number of methoxy groups -OCH3 is 1. The normalized spacial score (nSPS) is 18.1. The maximum Gasteiger partial charge on any atom is 0.246 e. The molecule has 1 aromatic carbocycles. The molecule has 1 atom stereocenters. The summed E-state index contributed by atoms with van der Waals surface area (Å²) >= 11 is 0. The molecule has 1 amide bonds. The van der Waals surface area contributed by atoms with Gasteiger partial charge >= 0.3 is 0 Å². The average molecular weight is 234 g/mol. The van der Waals surface area contributed by atoms with Gasteiger partial charge in [-0.1, -0.05) is 12.1 Å². The molecule has 2 rings (SSSR count). The second-order valence-electron chi connectivity index (χ2n) is 4.34. The van der Waals surface area contributed by atoms with Gasteiger partial charge < -0.3 is 10.1 Å². The van der Waals surface area contributed by atoms with Gasteiger partial charge in [-0.05, 0) is 25.0 Å². The van der Waals surface area contributed by atoms with Gasteiger partial charge in [0.05, 0.1) is 6.61 Å². The minimum Gasteiger partial charge on any atom is -0.383 e. The number of nitrogens with one attached hydrogen (secondary N) is 2. The van der Waals surface area contributed by atoms with E-state index in [0.717, 1.165) is 16.8 Å². The number of carbonyl (C=O) groups is 1. The highest BCUT2D eigenvalue weighted by Crippen LogP contribution is 2.34. The third-order valence-corrected chi connectivity index (χ3v) is 3.24. The third-order valence-electron chi connectivity index (χ3n) is 3.24. The molecule has 0 saturated heterocycles. The average Bonchev–Trinajstić information content (AvgIpc) is 2.62. The molecule has 4 heteroatoms. The molecule has 92 valence electrons. The summed E-state index contributed by atoms with van der Waals surface area (Å²) in [7, 11) is 1.65. The fourth-order valence-electron chi connectivity index (χ4n) is 2.09. The van der Waals surface area contributed by atoms with E-state index < -0.39 is 0 Å². The predicted molar refractivity (Wildman–Crippen MR) is 67.2 cm³/mol. The van der Waals surface area contributed by atoms with Crippen molar-refractivity contribution in [3.05, 3.63) is 28.8 Å². The van der Waals surface area contributed by atoms with E-state index in [2.05, 4.69) is 16.7 Å². The van der Waals surface area contributed by atoms with Gasteiger partial charge in [0.2, 0.25) is 5.91 Å². The monoisotopic (exact) mass is 234 g/mol. The number of carbonyl (C=O) groups excluding carboxylic acids is 1. The van der Waals surface area contributed by atoms with Crippen molar-refractivity contribution >= 4 is 11.6 Å². The Morgan fingerprint density at radius 1 is 1.41 bits per heavy atom. The molecule has 4 nitrogen and oxygen atoms in total. The van der Waals surface area contributed by atoms with Gasteiger partial charge in [0.1, 0.15) is 6.04 Å². The molecule has 0 radical (unpaired) electrons. The first-order valence-corrected chi connectivity index (χ1v) is 5.78. The Hall–Kier alpha value is -1.39. The summed E-state index contributed by atoms with van der Waals surface area (Å²) in [4.78, 5) is 11.9. The number of fused-ring (bicyclic) bond motifs is 1. The van der Waals surface area contributed by atoms with Crippen molar-refractivity contribution in [2.75, 3.05) is 25.6 Å². The summed E-state index contributed by atoms with van der Waals surface area (Å²) in [6.07, 6.45) is 0. The standard InChI is InChI=1S/C13H18N2O2/c1-8-4-5-10-11(9(8)2)15-13(16)12(10)14-6-7-17-3/h4-5,12,14H,6-7H2,1-3H3,(H,15,16). The zero-order valence-corrected chi connectivity index (χ0v) is 10.5. The van der Waals surface area contributed by atoms with Crippen LogP contribution in [0.5, 0.6) is 0 Å². The molecule has 17 heavy (non-hydrogen) atoms. The largest absolute Gasteiger partial charge is 0.383 e. The third kappa shape index (κ3) is 2.18. The fraction of sp³-hybridized carbons (Fsp3) is 0.462. The first-order valence-electron chi connectivity index (χ1n) is 5.78. The van der Waals surface area contributed by atoms with Crippen molar-refractivity contribution in [1.82, 2.24) is 5.32 Å². The van der Waals surface area contributed by atoms with Crippen molar-refractivity contribution in [3.63, 3.8) is 0 Å². The van der Waals surface area contributed by atoms with Gasteiger partial charge in [0.15, 0.2) is 0 Å².